The first-order valence-electron chi connectivity index (χ1n) is 10.2. The van der Waals surface area contributed by atoms with Gasteiger partial charge in [-0.3, -0.25) is 4.79 Å². The maximum atomic E-state index is 14.4. The van der Waals surface area contributed by atoms with Gasteiger partial charge in [-0.25, -0.2) is 22.7 Å². The lowest BCUT2D eigenvalue weighted by atomic mass is 10.0. The number of aliphatic hydroxyl groups is 1. The summed E-state index contributed by atoms with van der Waals surface area (Å²) in [7, 11) is 0. The third kappa shape index (κ3) is 3.42. The summed E-state index contributed by atoms with van der Waals surface area (Å²) in [6, 6.07) is 3.87. The predicted octanol–water partition coefficient (Wildman–Crippen LogP) is 2.13. The second kappa shape index (κ2) is 7.37. The molecule has 0 unspecified atom stereocenters. The molecule has 2 aliphatic rings. The molecular weight excluding hydrogens is 425 g/mol. The molecule has 3 aromatic rings. The zero-order valence-corrected chi connectivity index (χ0v) is 16.9. The number of hydrogen-bond donors (Lipinski definition) is 3. The fraction of sp³-hybridized carbons (Fsp3) is 0.381. The number of nitrogens with two attached hydrogens (primary N) is 1. The lowest BCUT2D eigenvalue weighted by Gasteiger charge is -2.26. The average Bonchev–Trinajstić information content (AvgIpc) is 3.29. The topological polar surface area (TPSA) is 109 Å². The third-order valence-electron chi connectivity index (χ3n) is 6.12. The van der Waals surface area contributed by atoms with Crippen LogP contribution in [-0.2, 0) is 0 Å². The number of alkyl halides is 1. The number of anilines is 2. The van der Waals surface area contributed by atoms with Crippen molar-refractivity contribution in [2.24, 2.45) is 0 Å². The molecule has 11 heteroatoms. The van der Waals surface area contributed by atoms with Gasteiger partial charge in [0.25, 0.3) is 5.91 Å². The average molecular weight is 446 g/mol. The molecule has 1 aromatic carbocycles. The summed E-state index contributed by atoms with van der Waals surface area (Å²) in [4.78, 5) is 18.9. The molecule has 1 amide bonds. The van der Waals surface area contributed by atoms with Crippen molar-refractivity contribution in [2.45, 2.75) is 37.0 Å². The number of nitrogens with one attached hydrogen (secondary N) is 1. The number of nitrogen functional groups attached to an aromatic ring is 1. The van der Waals surface area contributed by atoms with Gasteiger partial charge < -0.3 is 21.1 Å². The van der Waals surface area contributed by atoms with Gasteiger partial charge in [0.15, 0.2) is 11.5 Å². The third-order valence-corrected chi connectivity index (χ3v) is 6.12. The van der Waals surface area contributed by atoms with Gasteiger partial charge in [-0.15, -0.1) is 5.10 Å². The standard InChI is InChI=1S/C21H21F3N6O2/c22-11-1-2-14(24)13(7-11)15-8-12(23)9-29(15)16-3-6-30-19(26-16)17(18(25)28-30)20(32)27-21(10-31)4-5-21/h1-3,6-7,12,15,31H,4-5,8-10H2,(H2,25,28)(H,27,32)/t12-,15+/m0/s1. The number of benzene rings is 1. The van der Waals surface area contributed by atoms with E-state index in [1.165, 1.54) is 10.7 Å². The SMILES string of the molecule is Nc1nn2ccc(N3C[C@@H](F)C[C@@H]3c3cc(F)ccc3F)nc2c1C(=O)NC1(CO)CC1. The first kappa shape index (κ1) is 20.6. The Morgan fingerprint density at radius 1 is 1.31 bits per heavy atom. The van der Waals surface area contributed by atoms with Crippen molar-refractivity contribution in [2.75, 3.05) is 23.8 Å². The van der Waals surface area contributed by atoms with Crippen LogP contribution >= 0.6 is 0 Å². The predicted molar refractivity (Wildman–Crippen MR) is 110 cm³/mol. The molecule has 1 saturated carbocycles. The monoisotopic (exact) mass is 446 g/mol. The molecule has 0 radical (unpaired) electrons. The van der Waals surface area contributed by atoms with E-state index < -0.39 is 35.3 Å². The van der Waals surface area contributed by atoms with Crippen molar-refractivity contribution in [1.82, 2.24) is 19.9 Å². The number of rotatable bonds is 5. The van der Waals surface area contributed by atoms with Crippen molar-refractivity contribution in [3.8, 4) is 0 Å². The van der Waals surface area contributed by atoms with Gasteiger partial charge in [-0.05, 0) is 37.1 Å². The van der Waals surface area contributed by atoms with Crippen molar-refractivity contribution in [3.05, 3.63) is 53.2 Å². The van der Waals surface area contributed by atoms with Gasteiger partial charge in [0.2, 0.25) is 0 Å². The summed E-state index contributed by atoms with van der Waals surface area (Å²) in [6.45, 7) is -0.258. The molecule has 0 spiro atoms. The van der Waals surface area contributed by atoms with E-state index >= 15 is 0 Å². The summed E-state index contributed by atoms with van der Waals surface area (Å²) < 4.78 is 43.9. The number of hydrogen-bond acceptors (Lipinski definition) is 6. The maximum Gasteiger partial charge on any atom is 0.259 e. The fourth-order valence-corrected chi connectivity index (χ4v) is 4.19. The van der Waals surface area contributed by atoms with Crippen LogP contribution in [0.3, 0.4) is 0 Å². The molecule has 3 heterocycles. The number of halogens is 3. The molecule has 2 atom stereocenters. The molecule has 1 aliphatic carbocycles. The molecule has 4 N–H and O–H groups in total. The van der Waals surface area contributed by atoms with Gasteiger partial charge >= 0.3 is 0 Å². The van der Waals surface area contributed by atoms with E-state index in [1.54, 1.807) is 11.0 Å². The number of aromatic nitrogens is 3. The van der Waals surface area contributed by atoms with Crippen LogP contribution in [0.1, 0.15) is 41.2 Å². The number of amides is 1. The minimum Gasteiger partial charge on any atom is -0.394 e. The Morgan fingerprint density at radius 2 is 2.09 bits per heavy atom. The lowest BCUT2D eigenvalue weighted by molar-refractivity contribution is 0.0909. The van der Waals surface area contributed by atoms with Crippen LogP contribution in [0.5, 0.6) is 0 Å². The number of carbonyl (C=O) groups excluding carboxylic acids is 1. The summed E-state index contributed by atoms with van der Waals surface area (Å²) in [5.74, 6) is -1.54. The minimum absolute atomic E-state index is 0.0268. The molecule has 0 bridgehead atoms. The second-order valence-corrected chi connectivity index (χ2v) is 8.37. The number of fused-ring (bicyclic) bond motifs is 1. The highest BCUT2D eigenvalue weighted by Crippen LogP contribution is 2.39. The molecule has 168 valence electrons. The molecule has 1 saturated heterocycles. The molecule has 8 nitrogen and oxygen atoms in total. The van der Waals surface area contributed by atoms with Crippen molar-refractivity contribution in [3.63, 3.8) is 0 Å². The Labute approximate surface area is 180 Å². The highest BCUT2D eigenvalue weighted by atomic mass is 19.1. The first-order valence-corrected chi connectivity index (χ1v) is 10.2. The Hall–Kier alpha value is -3.34. The van der Waals surface area contributed by atoms with E-state index in [9.17, 15) is 23.1 Å². The quantitative estimate of drug-likeness (QED) is 0.554. The van der Waals surface area contributed by atoms with Crippen LogP contribution in [-0.4, -0.2) is 50.5 Å². The molecule has 2 aromatic heterocycles. The zero-order chi connectivity index (χ0) is 22.6. The van der Waals surface area contributed by atoms with Crippen molar-refractivity contribution < 1.29 is 23.1 Å². The van der Waals surface area contributed by atoms with E-state index in [1.807, 2.05) is 0 Å². The smallest absolute Gasteiger partial charge is 0.259 e. The lowest BCUT2D eigenvalue weighted by Crippen LogP contribution is -2.39. The van der Waals surface area contributed by atoms with Crippen LogP contribution in [0.4, 0.5) is 24.8 Å². The van der Waals surface area contributed by atoms with E-state index in [2.05, 4.69) is 15.4 Å². The van der Waals surface area contributed by atoms with Gasteiger partial charge in [0.1, 0.15) is 29.2 Å². The van der Waals surface area contributed by atoms with E-state index in [4.69, 9.17) is 5.73 Å². The van der Waals surface area contributed by atoms with Crippen LogP contribution in [0.25, 0.3) is 5.65 Å². The minimum atomic E-state index is -1.27. The highest BCUT2D eigenvalue weighted by molar-refractivity contribution is 6.04. The van der Waals surface area contributed by atoms with Gasteiger partial charge in [0, 0.05) is 18.2 Å². The van der Waals surface area contributed by atoms with Crippen LogP contribution < -0.4 is 16.0 Å². The van der Waals surface area contributed by atoms with Crippen LogP contribution in [0.15, 0.2) is 30.5 Å². The summed E-state index contributed by atoms with van der Waals surface area (Å²) in [5, 5.41) is 16.4. The summed E-state index contributed by atoms with van der Waals surface area (Å²) in [6.07, 6.45) is 1.53. The summed E-state index contributed by atoms with van der Waals surface area (Å²) in [5.41, 5.74) is 5.52. The normalized spacial score (nSPS) is 21.8. The highest BCUT2D eigenvalue weighted by Gasteiger charge is 2.44. The Kier molecular flexibility index (Phi) is 4.73. The first-order chi connectivity index (χ1) is 15.3. The Balaban J connectivity index is 1.54. The van der Waals surface area contributed by atoms with Crippen LogP contribution in [0, 0.1) is 11.6 Å². The number of aliphatic hydroxyl groups excluding tert-OH is 1. The van der Waals surface area contributed by atoms with E-state index in [0.29, 0.717) is 12.8 Å². The Morgan fingerprint density at radius 3 is 2.81 bits per heavy atom. The fourth-order valence-electron chi connectivity index (χ4n) is 4.19. The second-order valence-electron chi connectivity index (χ2n) is 8.37. The molecular formula is C21H21F3N6O2. The molecule has 1 aliphatic heterocycles. The maximum absolute atomic E-state index is 14.4. The molecule has 5 rings (SSSR count). The largest absolute Gasteiger partial charge is 0.394 e. The van der Waals surface area contributed by atoms with Gasteiger partial charge in [0.05, 0.1) is 24.7 Å². The van der Waals surface area contributed by atoms with Gasteiger partial charge in [-0.2, -0.15) is 0 Å². The number of nitrogens with zero attached hydrogens (tertiary/aromatic N) is 4. The van der Waals surface area contributed by atoms with Crippen LogP contribution in [0.2, 0.25) is 0 Å². The van der Waals surface area contributed by atoms with Gasteiger partial charge in [-0.1, -0.05) is 0 Å². The molecule has 32 heavy (non-hydrogen) atoms. The van der Waals surface area contributed by atoms with E-state index in [0.717, 1.165) is 18.2 Å². The van der Waals surface area contributed by atoms with E-state index in [-0.39, 0.29) is 48.0 Å². The van der Waals surface area contributed by atoms with Crippen molar-refractivity contribution >= 4 is 23.2 Å². The number of carbonyl (C=O) groups is 1. The summed E-state index contributed by atoms with van der Waals surface area (Å²) >= 11 is 0. The Bertz CT molecular complexity index is 1210. The molecule has 2 fully saturated rings. The zero-order valence-electron chi connectivity index (χ0n) is 16.9. The van der Waals surface area contributed by atoms with Crippen molar-refractivity contribution in [1.29, 1.82) is 0 Å².